The number of thioether (sulfide) groups is 1. The van der Waals surface area contributed by atoms with Crippen molar-refractivity contribution in [2.45, 2.75) is 5.75 Å². The summed E-state index contributed by atoms with van der Waals surface area (Å²) in [6, 6.07) is 13.6. The van der Waals surface area contributed by atoms with Crippen LogP contribution in [0, 0.1) is 0 Å². The maximum absolute atomic E-state index is 11.9. The normalized spacial score (nSPS) is 13.0. The smallest absolute Gasteiger partial charge is 0.250 e. The Morgan fingerprint density at radius 1 is 1.20 bits per heavy atom. The van der Waals surface area contributed by atoms with Crippen LogP contribution in [0.5, 0.6) is 11.5 Å². The summed E-state index contributed by atoms with van der Waals surface area (Å²) in [4.78, 5) is 11.9. The molecule has 0 saturated heterocycles. The van der Waals surface area contributed by atoms with Crippen molar-refractivity contribution >= 4 is 39.8 Å². The van der Waals surface area contributed by atoms with Gasteiger partial charge in [0.05, 0.1) is 12.0 Å². The largest absolute Gasteiger partial charge is 0.486 e. The van der Waals surface area contributed by atoms with Crippen molar-refractivity contribution in [1.29, 1.82) is 0 Å². The molecule has 0 aromatic heterocycles. The van der Waals surface area contributed by atoms with E-state index in [1.807, 2.05) is 42.5 Å². The number of rotatable bonds is 6. The molecule has 0 bridgehead atoms. The summed E-state index contributed by atoms with van der Waals surface area (Å²) in [7, 11) is 0. The number of ether oxygens (including phenoxy) is 2. The highest BCUT2D eigenvalue weighted by molar-refractivity contribution is 9.10. The van der Waals surface area contributed by atoms with Gasteiger partial charge in [-0.05, 0) is 23.8 Å². The fourth-order valence-corrected chi connectivity index (χ4v) is 3.71. The number of halogens is 1. The summed E-state index contributed by atoms with van der Waals surface area (Å²) in [6.07, 6.45) is 1.57. The third kappa shape index (κ3) is 4.99. The predicted molar refractivity (Wildman–Crippen MR) is 103 cm³/mol. The van der Waals surface area contributed by atoms with Gasteiger partial charge in [0.2, 0.25) is 5.91 Å². The van der Waals surface area contributed by atoms with Gasteiger partial charge in [-0.25, -0.2) is 5.43 Å². The minimum Gasteiger partial charge on any atom is -0.486 e. The van der Waals surface area contributed by atoms with Crippen molar-refractivity contribution in [3.63, 3.8) is 0 Å². The van der Waals surface area contributed by atoms with Crippen LogP contribution in [-0.4, -0.2) is 31.1 Å². The summed E-state index contributed by atoms with van der Waals surface area (Å²) in [6.45, 7) is 1.05. The Morgan fingerprint density at radius 3 is 2.92 bits per heavy atom. The summed E-state index contributed by atoms with van der Waals surface area (Å²) >= 11 is 5.04. The van der Waals surface area contributed by atoms with E-state index in [9.17, 15) is 4.79 Å². The Labute approximate surface area is 158 Å². The van der Waals surface area contributed by atoms with Gasteiger partial charge < -0.3 is 9.47 Å². The zero-order valence-electron chi connectivity index (χ0n) is 13.4. The van der Waals surface area contributed by atoms with Crippen molar-refractivity contribution in [3.05, 3.63) is 58.1 Å². The third-order valence-electron chi connectivity index (χ3n) is 3.44. The van der Waals surface area contributed by atoms with Crippen LogP contribution in [0.3, 0.4) is 0 Å². The standard InChI is InChI=1S/C18H17BrN2O3S/c19-15-6-2-1-4-14(15)11-25-12-17(22)21-20-10-13-5-3-7-16-18(13)24-9-8-23-16/h1-7,10H,8-9,11-12H2,(H,21,22)/b20-10+. The molecule has 7 heteroatoms. The van der Waals surface area contributed by atoms with E-state index in [4.69, 9.17) is 9.47 Å². The first-order valence-corrected chi connectivity index (χ1v) is 9.70. The number of fused-ring (bicyclic) bond motifs is 1. The highest BCUT2D eigenvalue weighted by Gasteiger charge is 2.14. The molecule has 1 aliphatic rings. The van der Waals surface area contributed by atoms with Gasteiger partial charge in [0.15, 0.2) is 11.5 Å². The maximum atomic E-state index is 11.9. The van der Waals surface area contributed by atoms with Crippen LogP contribution in [-0.2, 0) is 10.5 Å². The average Bonchev–Trinajstić information content (AvgIpc) is 2.63. The second-order valence-corrected chi connectivity index (χ2v) is 7.09. The third-order valence-corrected chi connectivity index (χ3v) is 5.19. The fraction of sp³-hybridized carbons (Fsp3) is 0.222. The lowest BCUT2D eigenvalue weighted by molar-refractivity contribution is -0.118. The van der Waals surface area contributed by atoms with Crippen molar-refractivity contribution in [1.82, 2.24) is 5.43 Å². The van der Waals surface area contributed by atoms with E-state index in [1.165, 1.54) is 11.8 Å². The summed E-state index contributed by atoms with van der Waals surface area (Å²) in [5.41, 5.74) is 4.48. The van der Waals surface area contributed by atoms with Crippen LogP contribution in [0.1, 0.15) is 11.1 Å². The highest BCUT2D eigenvalue weighted by atomic mass is 79.9. The molecule has 2 aromatic rings. The maximum Gasteiger partial charge on any atom is 0.250 e. The lowest BCUT2D eigenvalue weighted by Crippen LogP contribution is -2.20. The number of hydrazone groups is 1. The van der Waals surface area contributed by atoms with Crippen LogP contribution in [0.15, 0.2) is 52.0 Å². The van der Waals surface area contributed by atoms with Gasteiger partial charge >= 0.3 is 0 Å². The van der Waals surface area contributed by atoms with E-state index >= 15 is 0 Å². The van der Waals surface area contributed by atoms with Crippen molar-refractivity contribution in [2.75, 3.05) is 19.0 Å². The van der Waals surface area contributed by atoms with E-state index in [-0.39, 0.29) is 5.91 Å². The molecule has 1 heterocycles. The lowest BCUT2D eigenvalue weighted by Gasteiger charge is -2.19. The first-order chi connectivity index (χ1) is 12.2. The number of benzene rings is 2. The summed E-state index contributed by atoms with van der Waals surface area (Å²) in [5, 5.41) is 4.01. The molecule has 0 atom stereocenters. The molecule has 0 radical (unpaired) electrons. The van der Waals surface area contributed by atoms with E-state index in [1.54, 1.807) is 6.21 Å². The zero-order chi connectivity index (χ0) is 17.5. The Kier molecular flexibility index (Phi) is 6.36. The number of carbonyl (C=O) groups excluding carboxylic acids is 1. The molecule has 130 valence electrons. The van der Waals surface area contributed by atoms with Gasteiger partial charge in [-0.15, -0.1) is 11.8 Å². The van der Waals surface area contributed by atoms with E-state index in [0.717, 1.165) is 21.4 Å². The van der Waals surface area contributed by atoms with Gasteiger partial charge in [0.1, 0.15) is 13.2 Å². The van der Waals surface area contributed by atoms with Crippen LogP contribution in [0.2, 0.25) is 0 Å². The number of nitrogens with zero attached hydrogens (tertiary/aromatic N) is 1. The van der Waals surface area contributed by atoms with Gasteiger partial charge in [0.25, 0.3) is 0 Å². The fourth-order valence-electron chi connectivity index (χ4n) is 2.27. The predicted octanol–water partition coefficient (Wildman–Crippen LogP) is 3.60. The number of para-hydroxylation sites is 1. The summed E-state index contributed by atoms with van der Waals surface area (Å²) < 4.78 is 12.2. The zero-order valence-corrected chi connectivity index (χ0v) is 15.8. The molecule has 0 aliphatic carbocycles. The molecular weight excluding hydrogens is 404 g/mol. The van der Waals surface area contributed by atoms with Crippen LogP contribution < -0.4 is 14.9 Å². The lowest BCUT2D eigenvalue weighted by atomic mass is 10.2. The molecule has 2 aromatic carbocycles. The Hall–Kier alpha value is -1.99. The van der Waals surface area contributed by atoms with Crippen molar-refractivity contribution in [2.24, 2.45) is 5.10 Å². The minimum atomic E-state index is -0.143. The Morgan fingerprint density at radius 2 is 2.04 bits per heavy atom. The molecule has 5 nitrogen and oxygen atoms in total. The van der Waals surface area contributed by atoms with Crippen molar-refractivity contribution in [3.8, 4) is 11.5 Å². The van der Waals surface area contributed by atoms with Gasteiger partial charge in [-0.1, -0.05) is 40.2 Å². The first kappa shape index (κ1) is 17.8. The Bertz CT molecular complexity index is 783. The number of hydrogen-bond donors (Lipinski definition) is 1. The molecule has 0 saturated carbocycles. The Balaban J connectivity index is 1.48. The molecule has 0 spiro atoms. The quantitative estimate of drug-likeness (QED) is 0.572. The van der Waals surface area contributed by atoms with Gasteiger partial charge in [-0.3, -0.25) is 4.79 Å². The molecule has 25 heavy (non-hydrogen) atoms. The topological polar surface area (TPSA) is 59.9 Å². The van der Waals surface area contributed by atoms with Crippen molar-refractivity contribution < 1.29 is 14.3 Å². The van der Waals surface area contributed by atoms with Gasteiger partial charge in [0, 0.05) is 15.8 Å². The van der Waals surface area contributed by atoms with Crippen LogP contribution >= 0.6 is 27.7 Å². The summed E-state index contributed by atoms with van der Waals surface area (Å²) in [5.74, 6) is 2.32. The molecule has 1 N–H and O–H groups in total. The van der Waals surface area contributed by atoms with E-state index in [0.29, 0.717) is 30.5 Å². The van der Waals surface area contributed by atoms with E-state index < -0.39 is 0 Å². The highest BCUT2D eigenvalue weighted by Crippen LogP contribution is 2.32. The molecule has 3 rings (SSSR count). The molecule has 0 fully saturated rings. The number of carbonyl (C=O) groups is 1. The van der Waals surface area contributed by atoms with Crippen LogP contribution in [0.4, 0.5) is 0 Å². The minimum absolute atomic E-state index is 0.143. The second-order valence-electron chi connectivity index (χ2n) is 5.25. The SMILES string of the molecule is O=C(CSCc1ccccc1Br)N/N=C/c1cccc2c1OCCO2. The monoisotopic (exact) mass is 420 g/mol. The van der Waals surface area contributed by atoms with E-state index in [2.05, 4.69) is 26.5 Å². The average molecular weight is 421 g/mol. The molecule has 1 aliphatic heterocycles. The number of hydrogen-bond acceptors (Lipinski definition) is 5. The van der Waals surface area contributed by atoms with Gasteiger partial charge in [-0.2, -0.15) is 5.10 Å². The first-order valence-electron chi connectivity index (χ1n) is 7.76. The van der Waals surface area contributed by atoms with Crippen LogP contribution in [0.25, 0.3) is 0 Å². The second kappa shape index (κ2) is 8.92. The molecular formula is C18H17BrN2O3S. The number of nitrogens with one attached hydrogen (secondary N) is 1. The molecule has 0 unspecified atom stereocenters. The molecule has 1 amide bonds. The number of amides is 1.